The minimum absolute atomic E-state index is 0.0483. The van der Waals surface area contributed by atoms with Crippen LogP contribution < -0.4 is 9.47 Å². The van der Waals surface area contributed by atoms with Crippen molar-refractivity contribution in [2.45, 2.75) is 6.54 Å². The van der Waals surface area contributed by atoms with E-state index in [1.165, 1.54) is 17.0 Å². The summed E-state index contributed by atoms with van der Waals surface area (Å²) in [4.78, 5) is 24.3. The predicted octanol–water partition coefficient (Wildman–Crippen LogP) is 2.95. The minimum atomic E-state index is -0.504. The van der Waals surface area contributed by atoms with Crippen LogP contribution in [-0.4, -0.2) is 37.0 Å². The van der Waals surface area contributed by atoms with E-state index in [1.54, 1.807) is 33.4 Å². The second-order valence-electron chi connectivity index (χ2n) is 4.75. The molecule has 122 valence electrons. The molecule has 7 nitrogen and oxygen atoms in total. The molecule has 1 aromatic heterocycles. The Morgan fingerprint density at radius 2 is 1.91 bits per heavy atom. The molecule has 0 radical (unpaired) electrons. The number of rotatable bonds is 6. The van der Waals surface area contributed by atoms with Gasteiger partial charge in [0, 0.05) is 19.7 Å². The van der Waals surface area contributed by atoms with Crippen LogP contribution in [0.15, 0.2) is 30.3 Å². The topological polar surface area (TPSA) is 81.9 Å². The van der Waals surface area contributed by atoms with Crippen molar-refractivity contribution in [1.82, 2.24) is 4.90 Å². The molecule has 0 saturated heterocycles. The Kier molecular flexibility index (Phi) is 5.17. The number of methoxy groups -OCH3 is 2. The lowest BCUT2D eigenvalue weighted by Crippen LogP contribution is -2.25. The molecular weight excluding hydrogens is 320 g/mol. The molecule has 1 heterocycles. The van der Waals surface area contributed by atoms with Gasteiger partial charge in [0.05, 0.1) is 24.0 Å². The molecule has 0 bridgehead atoms. The predicted molar refractivity (Wildman–Crippen MR) is 86.3 cm³/mol. The van der Waals surface area contributed by atoms with Crippen LogP contribution in [0.2, 0.25) is 0 Å². The van der Waals surface area contributed by atoms with Crippen LogP contribution in [0.25, 0.3) is 0 Å². The highest BCUT2D eigenvalue weighted by molar-refractivity contribution is 7.17. The smallest absolute Gasteiger partial charge is 0.324 e. The second kappa shape index (κ2) is 7.10. The summed E-state index contributed by atoms with van der Waals surface area (Å²) < 4.78 is 10.4. The summed E-state index contributed by atoms with van der Waals surface area (Å²) in [6.45, 7) is 0.352. The van der Waals surface area contributed by atoms with Crippen LogP contribution >= 0.6 is 11.3 Å². The van der Waals surface area contributed by atoms with E-state index in [0.29, 0.717) is 22.9 Å². The Bertz CT molecular complexity index is 728. The third-order valence-electron chi connectivity index (χ3n) is 3.20. The molecule has 0 unspecified atom stereocenters. The van der Waals surface area contributed by atoms with E-state index in [-0.39, 0.29) is 10.9 Å². The van der Waals surface area contributed by atoms with Gasteiger partial charge in [0.25, 0.3) is 5.91 Å². The molecule has 0 N–H and O–H groups in total. The number of carbonyl (C=O) groups is 1. The third kappa shape index (κ3) is 3.78. The largest absolute Gasteiger partial charge is 0.493 e. The first-order valence-electron chi connectivity index (χ1n) is 6.67. The summed E-state index contributed by atoms with van der Waals surface area (Å²) in [7, 11) is 4.74. The van der Waals surface area contributed by atoms with Gasteiger partial charge in [0.15, 0.2) is 11.5 Å². The number of ether oxygens (including phenoxy) is 2. The van der Waals surface area contributed by atoms with Crippen molar-refractivity contribution in [1.29, 1.82) is 0 Å². The van der Waals surface area contributed by atoms with E-state index < -0.39 is 4.92 Å². The van der Waals surface area contributed by atoms with Crippen molar-refractivity contribution >= 4 is 22.2 Å². The molecule has 1 amide bonds. The van der Waals surface area contributed by atoms with Crippen LogP contribution in [0.4, 0.5) is 5.00 Å². The normalized spacial score (nSPS) is 10.2. The van der Waals surface area contributed by atoms with Crippen LogP contribution in [-0.2, 0) is 6.54 Å². The molecular formula is C15H16N2O5S. The van der Waals surface area contributed by atoms with Crippen LogP contribution in [0.5, 0.6) is 11.5 Å². The van der Waals surface area contributed by atoms with Crippen molar-refractivity contribution in [2.24, 2.45) is 0 Å². The number of nitrogens with zero attached hydrogens (tertiary/aromatic N) is 2. The van der Waals surface area contributed by atoms with Crippen molar-refractivity contribution in [2.75, 3.05) is 21.3 Å². The number of thiophene rings is 1. The molecule has 23 heavy (non-hydrogen) atoms. The number of amides is 1. The van der Waals surface area contributed by atoms with Gasteiger partial charge in [0.1, 0.15) is 0 Å². The van der Waals surface area contributed by atoms with Gasteiger partial charge in [-0.05, 0) is 23.8 Å². The zero-order chi connectivity index (χ0) is 17.0. The maximum atomic E-state index is 12.3. The molecule has 0 aliphatic heterocycles. The molecule has 0 aliphatic rings. The van der Waals surface area contributed by atoms with Gasteiger partial charge in [0.2, 0.25) is 0 Å². The van der Waals surface area contributed by atoms with Crippen LogP contribution in [0.1, 0.15) is 15.2 Å². The average molecular weight is 336 g/mol. The summed E-state index contributed by atoms with van der Waals surface area (Å²) >= 11 is 0.867. The summed E-state index contributed by atoms with van der Waals surface area (Å²) in [5.41, 5.74) is 0.865. The van der Waals surface area contributed by atoms with E-state index in [1.807, 2.05) is 6.07 Å². The summed E-state index contributed by atoms with van der Waals surface area (Å²) in [5.74, 6) is 0.926. The first-order valence-corrected chi connectivity index (χ1v) is 7.48. The third-order valence-corrected chi connectivity index (χ3v) is 4.22. The molecule has 0 spiro atoms. The lowest BCUT2D eigenvalue weighted by Gasteiger charge is -2.17. The lowest BCUT2D eigenvalue weighted by molar-refractivity contribution is -0.380. The average Bonchev–Trinajstić information content (AvgIpc) is 3.04. The Hall–Kier alpha value is -2.61. The highest BCUT2D eigenvalue weighted by atomic mass is 32.1. The Morgan fingerprint density at radius 1 is 1.22 bits per heavy atom. The standard InChI is InChI=1S/C15H16N2O5S/c1-16(15(18)13-6-7-14(23-13)17(19)20)9-10-4-5-11(21-2)12(8-10)22-3/h4-8H,9H2,1-3H3. The maximum absolute atomic E-state index is 12.3. The van der Waals surface area contributed by atoms with Crippen LogP contribution in [0, 0.1) is 10.1 Å². The van der Waals surface area contributed by atoms with Gasteiger partial charge in [-0.1, -0.05) is 17.4 Å². The van der Waals surface area contributed by atoms with Crippen molar-refractivity contribution < 1.29 is 19.2 Å². The SMILES string of the molecule is COc1ccc(CN(C)C(=O)c2ccc([N+](=O)[O-])s2)cc1OC. The summed E-state index contributed by atoms with van der Waals surface area (Å²) in [6.07, 6.45) is 0. The molecule has 0 aliphatic carbocycles. The minimum Gasteiger partial charge on any atom is -0.493 e. The second-order valence-corrected chi connectivity index (χ2v) is 5.81. The van der Waals surface area contributed by atoms with E-state index in [2.05, 4.69) is 0 Å². The quantitative estimate of drug-likeness (QED) is 0.598. The molecule has 2 rings (SSSR count). The molecule has 0 fully saturated rings. The van der Waals surface area contributed by atoms with Gasteiger partial charge < -0.3 is 14.4 Å². The Morgan fingerprint density at radius 3 is 2.48 bits per heavy atom. The molecule has 0 saturated carbocycles. The zero-order valence-electron chi connectivity index (χ0n) is 12.9. The van der Waals surface area contributed by atoms with Gasteiger partial charge in [-0.2, -0.15) is 0 Å². The van der Waals surface area contributed by atoms with Crippen molar-refractivity contribution in [3.63, 3.8) is 0 Å². The van der Waals surface area contributed by atoms with Gasteiger partial charge >= 0.3 is 5.00 Å². The molecule has 2 aromatic rings. The van der Waals surface area contributed by atoms with Crippen LogP contribution in [0.3, 0.4) is 0 Å². The lowest BCUT2D eigenvalue weighted by atomic mass is 10.2. The van der Waals surface area contributed by atoms with E-state index in [0.717, 1.165) is 16.9 Å². The van der Waals surface area contributed by atoms with E-state index in [4.69, 9.17) is 9.47 Å². The van der Waals surface area contributed by atoms with Crippen molar-refractivity contribution in [3.05, 3.63) is 50.9 Å². The zero-order valence-corrected chi connectivity index (χ0v) is 13.8. The Balaban J connectivity index is 2.12. The molecule has 0 atom stereocenters. The monoisotopic (exact) mass is 336 g/mol. The summed E-state index contributed by atoms with van der Waals surface area (Å²) in [6, 6.07) is 8.20. The van der Waals surface area contributed by atoms with Gasteiger partial charge in [-0.3, -0.25) is 14.9 Å². The fraction of sp³-hybridized carbons (Fsp3) is 0.267. The summed E-state index contributed by atoms with van der Waals surface area (Å²) in [5, 5.41) is 10.6. The number of hydrogen-bond donors (Lipinski definition) is 0. The van der Waals surface area contributed by atoms with E-state index in [9.17, 15) is 14.9 Å². The first-order chi connectivity index (χ1) is 11.0. The van der Waals surface area contributed by atoms with Gasteiger partial charge in [-0.25, -0.2) is 0 Å². The number of carbonyl (C=O) groups excluding carboxylic acids is 1. The fourth-order valence-corrected chi connectivity index (χ4v) is 2.87. The van der Waals surface area contributed by atoms with E-state index >= 15 is 0 Å². The Labute approximate surface area is 137 Å². The number of nitro groups is 1. The number of hydrogen-bond acceptors (Lipinski definition) is 6. The first kappa shape index (κ1) is 16.8. The maximum Gasteiger partial charge on any atom is 0.324 e. The number of benzene rings is 1. The fourth-order valence-electron chi connectivity index (χ4n) is 2.05. The highest BCUT2D eigenvalue weighted by Gasteiger charge is 2.19. The molecule has 8 heteroatoms. The van der Waals surface area contributed by atoms with Gasteiger partial charge in [-0.15, -0.1) is 0 Å². The highest BCUT2D eigenvalue weighted by Crippen LogP contribution is 2.29. The molecule has 1 aromatic carbocycles. The van der Waals surface area contributed by atoms with Crippen molar-refractivity contribution in [3.8, 4) is 11.5 Å².